The second kappa shape index (κ2) is 13.9. The Hall–Kier alpha value is -6.12. The Bertz CT molecular complexity index is 2940. The fourth-order valence-electron chi connectivity index (χ4n) is 5.61. The lowest BCUT2D eigenvalue weighted by molar-refractivity contribution is 0.471. The fourth-order valence-corrected chi connectivity index (χ4v) is 8.27. The molecule has 20 nitrogen and oxygen atoms in total. The van der Waals surface area contributed by atoms with E-state index in [1.54, 1.807) is 24.3 Å². The maximum absolute atomic E-state index is 12.2. The third-order valence-electron chi connectivity index (χ3n) is 8.13. The van der Waals surface area contributed by atoms with E-state index >= 15 is 0 Å². The van der Waals surface area contributed by atoms with Crippen molar-refractivity contribution < 1.29 is 62.1 Å². The first-order chi connectivity index (χ1) is 26.0. The van der Waals surface area contributed by atoms with Crippen LogP contribution in [0.1, 0.15) is 0 Å². The van der Waals surface area contributed by atoms with Crippen molar-refractivity contribution >= 4 is 96.1 Å². The summed E-state index contributed by atoms with van der Waals surface area (Å²) in [6.07, 6.45) is 0. The van der Waals surface area contributed by atoms with Crippen molar-refractivity contribution in [1.29, 1.82) is 0 Å². The van der Waals surface area contributed by atoms with Crippen LogP contribution in [-0.2, 0) is 40.5 Å². The van der Waals surface area contributed by atoms with Gasteiger partial charge in [-0.2, -0.15) is 43.9 Å². The normalized spacial score (nSPS) is 13.0. The van der Waals surface area contributed by atoms with Crippen molar-refractivity contribution in [2.75, 3.05) is 11.5 Å². The Balaban J connectivity index is 1.31. The number of aromatic hydroxyl groups is 2. The summed E-state index contributed by atoms with van der Waals surface area (Å²) >= 11 is 0. The molecular formula is C32H24N6O14S4. The van der Waals surface area contributed by atoms with Gasteiger partial charge in [0.15, 0.2) is 11.5 Å². The lowest BCUT2D eigenvalue weighted by atomic mass is 10.1. The molecule has 0 heterocycles. The lowest BCUT2D eigenvalue weighted by Gasteiger charge is -2.13. The molecule has 0 spiro atoms. The summed E-state index contributed by atoms with van der Waals surface area (Å²) in [5, 5.41) is 35.5. The lowest BCUT2D eigenvalue weighted by Crippen LogP contribution is -2.04. The van der Waals surface area contributed by atoms with Gasteiger partial charge in [-0.05, 0) is 71.8 Å². The van der Waals surface area contributed by atoms with Gasteiger partial charge in [-0.15, -0.1) is 10.2 Å². The molecule has 0 aliphatic carbocycles. The average Bonchev–Trinajstić information content (AvgIpc) is 3.09. The molecule has 6 aromatic rings. The first-order valence-corrected chi connectivity index (χ1v) is 20.8. The van der Waals surface area contributed by atoms with Gasteiger partial charge in [0, 0.05) is 22.1 Å². The third-order valence-corrected chi connectivity index (χ3v) is 11.7. The highest BCUT2D eigenvalue weighted by atomic mass is 32.2. The molecule has 0 amide bonds. The molecule has 0 aliphatic rings. The Labute approximate surface area is 316 Å². The van der Waals surface area contributed by atoms with Crippen LogP contribution in [0.2, 0.25) is 0 Å². The predicted molar refractivity (Wildman–Crippen MR) is 200 cm³/mol. The number of phenols is 2. The van der Waals surface area contributed by atoms with Gasteiger partial charge in [0.2, 0.25) is 0 Å². The van der Waals surface area contributed by atoms with Crippen molar-refractivity contribution in [3.8, 4) is 22.6 Å². The van der Waals surface area contributed by atoms with Gasteiger partial charge >= 0.3 is 0 Å². The van der Waals surface area contributed by atoms with E-state index in [1.165, 1.54) is 24.3 Å². The molecule has 0 unspecified atom stereocenters. The van der Waals surface area contributed by atoms with E-state index in [4.69, 9.17) is 11.5 Å². The topological polar surface area (TPSA) is 359 Å². The Morgan fingerprint density at radius 3 is 1.00 bits per heavy atom. The van der Waals surface area contributed by atoms with Gasteiger partial charge < -0.3 is 21.7 Å². The Kier molecular flexibility index (Phi) is 9.80. The van der Waals surface area contributed by atoms with E-state index in [0.29, 0.717) is 23.3 Å². The van der Waals surface area contributed by atoms with Crippen molar-refractivity contribution in [2.24, 2.45) is 20.5 Å². The molecule has 0 saturated heterocycles. The van der Waals surface area contributed by atoms with E-state index < -0.39 is 93.7 Å². The Morgan fingerprint density at radius 2 is 0.714 bits per heavy atom. The zero-order valence-corrected chi connectivity index (χ0v) is 30.9. The molecule has 0 fully saturated rings. The van der Waals surface area contributed by atoms with E-state index in [1.807, 2.05) is 0 Å². The summed E-state index contributed by atoms with van der Waals surface area (Å²) in [6.45, 7) is 0. The number of fused-ring (bicyclic) bond motifs is 2. The number of hydrogen-bond donors (Lipinski definition) is 8. The van der Waals surface area contributed by atoms with Crippen molar-refractivity contribution in [2.45, 2.75) is 19.6 Å². The SMILES string of the molecule is Nc1ccc(S(=O)(=O)O)c2cc(S(=O)(=O)O)c(N=Nc3ccc(-c4ccc(N=Nc5c(S(=O)(=O)O)cc6c(S(=O)(=O)O)ccc(N)c6c5O)cc4)cc3)c(O)c12. The van der Waals surface area contributed by atoms with Gasteiger partial charge in [-0.25, -0.2) is 0 Å². The fraction of sp³-hybridized carbons (Fsp3) is 0. The van der Waals surface area contributed by atoms with E-state index in [-0.39, 0.29) is 33.5 Å². The van der Waals surface area contributed by atoms with Crippen molar-refractivity contribution in [3.63, 3.8) is 0 Å². The standard InChI is InChI=1S/C32H24N6O14S4/c33-21-9-11-23(53(41,42)43)19-13-25(55(47,48)49)29(31(39)27(19)21)37-35-17-5-1-15(2-6-17)16-3-7-18(8-4-16)36-38-30-26(56(50,51)52)14-20-24(54(44,45)46)12-10-22(34)28(20)32(30)40/h1-14,39-40H,33-34H2,(H,41,42,43)(H,44,45,46)(H,47,48,49)(H,50,51,52). The van der Waals surface area contributed by atoms with E-state index in [9.17, 15) is 62.1 Å². The third kappa shape index (κ3) is 7.57. The highest BCUT2D eigenvalue weighted by molar-refractivity contribution is 7.87. The molecule has 0 radical (unpaired) electrons. The number of nitrogens with two attached hydrogens (primary N) is 2. The molecule has 0 saturated carbocycles. The zero-order chi connectivity index (χ0) is 41.1. The van der Waals surface area contributed by atoms with Crippen LogP contribution in [0.15, 0.2) is 125 Å². The second-order valence-electron chi connectivity index (χ2n) is 11.7. The molecule has 0 bridgehead atoms. The largest absolute Gasteiger partial charge is 0.505 e. The predicted octanol–water partition coefficient (Wildman–Crippen LogP) is 6.05. The highest BCUT2D eigenvalue weighted by Gasteiger charge is 2.28. The quantitative estimate of drug-likeness (QED) is 0.0466. The van der Waals surface area contributed by atoms with E-state index in [0.717, 1.165) is 24.3 Å². The van der Waals surface area contributed by atoms with Crippen LogP contribution in [-0.4, -0.2) is 62.1 Å². The van der Waals surface area contributed by atoms with Crippen LogP contribution >= 0.6 is 0 Å². The van der Waals surface area contributed by atoms with Gasteiger partial charge in [-0.1, -0.05) is 24.3 Å². The van der Waals surface area contributed by atoms with Gasteiger partial charge in [-0.3, -0.25) is 18.2 Å². The molecule has 10 N–H and O–H groups in total. The number of phenolic OH excluding ortho intramolecular Hbond substituents is 2. The highest BCUT2D eigenvalue weighted by Crippen LogP contribution is 2.47. The number of nitrogens with zero attached hydrogens (tertiary/aromatic N) is 4. The Morgan fingerprint density at radius 1 is 0.411 bits per heavy atom. The summed E-state index contributed by atoms with van der Waals surface area (Å²) in [7, 11) is -20.2. The summed E-state index contributed by atoms with van der Waals surface area (Å²) in [5.41, 5.74) is 11.2. The van der Waals surface area contributed by atoms with Gasteiger partial charge in [0.25, 0.3) is 40.5 Å². The number of benzene rings is 6. The maximum Gasteiger partial charge on any atom is 0.296 e. The number of azo groups is 2. The van der Waals surface area contributed by atoms with Crippen LogP contribution in [0.4, 0.5) is 34.1 Å². The van der Waals surface area contributed by atoms with Crippen molar-refractivity contribution in [3.05, 3.63) is 84.9 Å². The molecular weight excluding hydrogens is 821 g/mol. The van der Waals surface area contributed by atoms with Crippen LogP contribution in [0, 0.1) is 0 Å². The summed E-state index contributed by atoms with van der Waals surface area (Å²) < 4.78 is 135. The summed E-state index contributed by atoms with van der Waals surface area (Å²) in [4.78, 5) is -3.65. The number of nitrogen functional groups attached to an aromatic ring is 2. The molecule has 290 valence electrons. The maximum atomic E-state index is 12.2. The minimum Gasteiger partial charge on any atom is -0.505 e. The van der Waals surface area contributed by atoms with Crippen LogP contribution in [0.25, 0.3) is 32.7 Å². The second-order valence-corrected chi connectivity index (χ2v) is 17.2. The molecule has 56 heavy (non-hydrogen) atoms. The molecule has 24 heteroatoms. The molecule has 0 aromatic heterocycles. The van der Waals surface area contributed by atoms with Gasteiger partial charge in [0.1, 0.15) is 31.0 Å². The van der Waals surface area contributed by atoms with Crippen LogP contribution < -0.4 is 11.5 Å². The van der Waals surface area contributed by atoms with Gasteiger partial charge in [0.05, 0.1) is 22.1 Å². The molecule has 6 rings (SSSR count). The zero-order valence-electron chi connectivity index (χ0n) is 27.6. The minimum atomic E-state index is -5.15. The number of hydrogen-bond acceptors (Lipinski definition) is 16. The smallest absolute Gasteiger partial charge is 0.296 e. The average molecular weight is 845 g/mol. The van der Waals surface area contributed by atoms with E-state index in [2.05, 4.69) is 20.5 Å². The first kappa shape index (κ1) is 39.6. The first-order valence-electron chi connectivity index (χ1n) is 15.1. The number of rotatable bonds is 9. The monoisotopic (exact) mass is 844 g/mol. The minimum absolute atomic E-state index is 0.119. The van der Waals surface area contributed by atoms with Crippen LogP contribution in [0.5, 0.6) is 11.5 Å². The molecule has 6 aromatic carbocycles. The van der Waals surface area contributed by atoms with Crippen LogP contribution in [0.3, 0.4) is 0 Å². The summed E-state index contributed by atoms with van der Waals surface area (Å²) in [5.74, 6) is -1.90. The summed E-state index contributed by atoms with van der Waals surface area (Å²) in [6, 6.07) is 17.3. The number of anilines is 2. The van der Waals surface area contributed by atoms with Crippen molar-refractivity contribution in [1.82, 2.24) is 0 Å². The molecule has 0 aliphatic heterocycles. The molecule has 0 atom stereocenters.